The van der Waals surface area contributed by atoms with Gasteiger partial charge < -0.3 is 25.4 Å². The van der Waals surface area contributed by atoms with Gasteiger partial charge in [0.2, 0.25) is 5.91 Å². The van der Waals surface area contributed by atoms with Crippen LogP contribution in [0.15, 0.2) is 24.3 Å². The molecule has 38 heavy (non-hydrogen) atoms. The Morgan fingerprint density at radius 3 is 2.61 bits per heavy atom. The van der Waals surface area contributed by atoms with Crippen LogP contribution in [0.2, 0.25) is 0 Å². The molecule has 0 radical (unpaired) electrons. The molecular formula is C32H49NO5. The number of aliphatic hydroxyl groups excluding tert-OH is 3. The highest BCUT2D eigenvalue weighted by molar-refractivity contribution is 5.75. The third kappa shape index (κ3) is 4.69. The first-order chi connectivity index (χ1) is 18.1. The number of carbonyl (C=O) groups excluding carboxylic acids is 1. The van der Waals surface area contributed by atoms with E-state index in [1.165, 1.54) is 0 Å². The lowest BCUT2D eigenvalue weighted by Gasteiger charge is -2.63. The van der Waals surface area contributed by atoms with Crippen molar-refractivity contribution in [3.05, 3.63) is 29.8 Å². The smallest absolute Gasteiger partial charge is 0.220 e. The molecule has 1 amide bonds. The molecule has 0 bridgehead atoms. The minimum Gasteiger partial charge on any atom is -0.496 e. The Balaban J connectivity index is 1.23. The number of para-hydroxylation sites is 1. The predicted molar refractivity (Wildman–Crippen MR) is 147 cm³/mol. The van der Waals surface area contributed by atoms with Gasteiger partial charge >= 0.3 is 0 Å². The van der Waals surface area contributed by atoms with Crippen molar-refractivity contribution in [1.29, 1.82) is 0 Å². The van der Waals surface area contributed by atoms with E-state index in [2.05, 4.69) is 26.1 Å². The summed E-state index contributed by atoms with van der Waals surface area (Å²) in [4.78, 5) is 12.7. The van der Waals surface area contributed by atoms with Crippen molar-refractivity contribution in [2.75, 3.05) is 7.11 Å². The van der Waals surface area contributed by atoms with Gasteiger partial charge in [-0.2, -0.15) is 0 Å². The van der Waals surface area contributed by atoms with Gasteiger partial charge in [-0.1, -0.05) is 39.0 Å². The van der Waals surface area contributed by atoms with E-state index in [-0.39, 0.29) is 34.9 Å². The van der Waals surface area contributed by atoms with Crippen LogP contribution in [0.1, 0.15) is 84.1 Å². The fraction of sp³-hybridized carbons (Fsp3) is 0.781. The molecular weight excluding hydrogens is 478 g/mol. The lowest BCUT2D eigenvalue weighted by atomic mass is 9.43. The molecule has 0 spiro atoms. The molecule has 212 valence electrons. The Bertz CT molecular complexity index is 1000. The Labute approximate surface area is 228 Å². The second-order valence-corrected chi connectivity index (χ2v) is 13.6. The monoisotopic (exact) mass is 527 g/mol. The SMILES string of the molecule is COc1ccccc1CNC(=O)CCC(C)C1CCC2C3C(O)CC4CC(O)CCC4(C)C3CC(O)C12C. The van der Waals surface area contributed by atoms with Crippen LogP contribution >= 0.6 is 0 Å². The summed E-state index contributed by atoms with van der Waals surface area (Å²) < 4.78 is 5.40. The van der Waals surface area contributed by atoms with Gasteiger partial charge in [-0.15, -0.1) is 0 Å². The van der Waals surface area contributed by atoms with Crippen LogP contribution in [-0.2, 0) is 11.3 Å². The predicted octanol–water partition coefficient (Wildman–Crippen LogP) is 4.69. The topological polar surface area (TPSA) is 99.0 Å². The number of fused-ring (bicyclic) bond motifs is 5. The van der Waals surface area contributed by atoms with Gasteiger partial charge in [0.05, 0.1) is 25.4 Å². The summed E-state index contributed by atoms with van der Waals surface area (Å²) in [5, 5.41) is 36.6. The third-order valence-electron chi connectivity index (χ3n) is 12.0. The molecule has 11 atom stereocenters. The fourth-order valence-corrected chi connectivity index (χ4v) is 9.82. The van der Waals surface area contributed by atoms with Gasteiger partial charge in [-0.05, 0) is 104 Å². The van der Waals surface area contributed by atoms with Crippen LogP contribution in [0.4, 0.5) is 0 Å². The molecule has 4 aliphatic rings. The average molecular weight is 528 g/mol. The van der Waals surface area contributed by atoms with Gasteiger partial charge in [0.15, 0.2) is 0 Å². The van der Waals surface area contributed by atoms with Gasteiger partial charge in [-0.3, -0.25) is 4.79 Å². The van der Waals surface area contributed by atoms with Gasteiger partial charge in [0, 0.05) is 18.5 Å². The summed E-state index contributed by atoms with van der Waals surface area (Å²) in [6.07, 6.45) is 6.52. The summed E-state index contributed by atoms with van der Waals surface area (Å²) in [6, 6.07) is 7.75. The Morgan fingerprint density at radius 2 is 1.84 bits per heavy atom. The number of methoxy groups -OCH3 is 1. The van der Waals surface area contributed by atoms with E-state index in [1.807, 2.05) is 24.3 Å². The molecule has 6 heteroatoms. The highest BCUT2D eigenvalue weighted by Gasteiger charge is 2.65. The largest absolute Gasteiger partial charge is 0.496 e. The molecule has 0 saturated heterocycles. The van der Waals surface area contributed by atoms with Crippen molar-refractivity contribution < 1.29 is 24.9 Å². The molecule has 1 aromatic carbocycles. The Morgan fingerprint density at radius 1 is 1.08 bits per heavy atom. The minimum absolute atomic E-state index is 0.0490. The van der Waals surface area contributed by atoms with E-state index in [0.717, 1.165) is 62.7 Å². The number of ether oxygens (including phenoxy) is 1. The first-order valence-electron chi connectivity index (χ1n) is 15.0. The van der Waals surface area contributed by atoms with Crippen molar-refractivity contribution in [3.8, 4) is 5.75 Å². The average Bonchev–Trinajstić information content (AvgIpc) is 3.26. The summed E-state index contributed by atoms with van der Waals surface area (Å²) in [6.45, 7) is 7.36. The van der Waals surface area contributed by atoms with E-state index < -0.39 is 6.10 Å². The summed E-state index contributed by atoms with van der Waals surface area (Å²) >= 11 is 0. The lowest BCUT2D eigenvalue weighted by molar-refractivity contribution is -0.207. The lowest BCUT2D eigenvalue weighted by Crippen LogP contribution is -2.62. The minimum atomic E-state index is -0.391. The number of benzene rings is 1. The molecule has 4 fully saturated rings. The van der Waals surface area contributed by atoms with Gasteiger partial charge in [-0.25, -0.2) is 0 Å². The third-order valence-corrected chi connectivity index (χ3v) is 12.0. The number of aliphatic hydroxyl groups is 3. The zero-order valence-corrected chi connectivity index (χ0v) is 23.7. The molecule has 0 heterocycles. The van der Waals surface area contributed by atoms with Crippen molar-refractivity contribution in [3.63, 3.8) is 0 Å². The number of rotatable bonds is 7. The van der Waals surface area contributed by atoms with Crippen molar-refractivity contribution in [2.24, 2.45) is 46.3 Å². The number of amides is 1. The first kappa shape index (κ1) is 27.9. The van der Waals surface area contributed by atoms with Crippen LogP contribution in [-0.4, -0.2) is 46.6 Å². The second kappa shape index (κ2) is 10.7. The first-order valence-corrected chi connectivity index (χ1v) is 15.0. The highest BCUT2D eigenvalue weighted by Crippen LogP contribution is 2.68. The second-order valence-electron chi connectivity index (χ2n) is 13.6. The Hall–Kier alpha value is -1.63. The van der Waals surface area contributed by atoms with E-state index >= 15 is 0 Å². The summed E-state index contributed by atoms with van der Waals surface area (Å²) in [7, 11) is 1.64. The molecule has 4 saturated carbocycles. The molecule has 0 aromatic heterocycles. The van der Waals surface area contributed by atoms with Gasteiger partial charge in [0.25, 0.3) is 0 Å². The summed E-state index contributed by atoms with van der Waals surface area (Å²) in [5.41, 5.74) is 0.832. The van der Waals surface area contributed by atoms with E-state index in [9.17, 15) is 20.1 Å². The molecule has 0 aliphatic heterocycles. The zero-order chi connectivity index (χ0) is 27.2. The summed E-state index contributed by atoms with van der Waals surface area (Å²) in [5.74, 6) is 2.68. The van der Waals surface area contributed by atoms with Crippen LogP contribution < -0.4 is 10.1 Å². The van der Waals surface area contributed by atoms with Crippen molar-refractivity contribution >= 4 is 5.91 Å². The number of nitrogens with one attached hydrogen (secondary N) is 1. The van der Waals surface area contributed by atoms with Crippen LogP contribution in [0.5, 0.6) is 5.75 Å². The Kier molecular flexibility index (Phi) is 7.89. The van der Waals surface area contributed by atoms with E-state index in [4.69, 9.17) is 4.74 Å². The number of carbonyl (C=O) groups is 1. The highest BCUT2D eigenvalue weighted by atomic mass is 16.5. The normalized spacial score (nSPS) is 42.9. The molecule has 1 aromatic rings. The quantitative estimate of drug-likeness (QED) is 0.412. The number of hydrogen-bond donors (Lipinski definition) is 4. The van der Waals surface area contributed by atoms with E-state index in [1.54, 1.807) is 7.11 Å². The maximum absolute atomic E-state index is 12.7. The standard InChI is InChI=1S/C32H49NO5/c1-19(9-12-29(37)33-18-20-7-5-6-8-27(20)38-4)23-10-11-24-30-25(17-28(36)32(23,24)3)31(2)14-13-22(34)15-21(31)16-26(30)35/h5-8,19,21-26,28,30,34-36H,9-18H2,1-4H3,(H,33,37). The number of hydrogen-bond acceptors (Lipinski definition) is 5. The maximum atomic E-state index is 12.7. The van der Waals surface area contributed by atoms with Gasteiger partial charge in [0.1, 0.15) is 5.75 Å². The van der Waals surface area contributed by atoms with Crippen LogP contribution in [0.3, 0.4) is 0 Å². The molecule has 4 aliphatic carbocycles. The molecule has 6 nitrogen and oxygen atoms in total. The van der Waals surface area contributed by atoms with E-state index in [0.29, 0.717) is 42.6 Å². The van der Waals surface area contributed by atoms with Crippen molar-refractivity contribution in [2.45, 2.75) is 103 Å². The molecule has 11 unspecified atom stereocenters. The zero-order valence-electron chi connectivity index (χ0n) is 23.7. The molecule has 5 rings (SSSR count). The van der Waals surface area contributed by atoms with Crippen LogP contribution in [0, 0.1) is 46.3 Å². The maximum Gasteiger partial charge on any atom is 0.220 e. The molecule has 4 N–H and O–H groups in total. The van der Waals surface area contributed by atoms with Crippen LogP contribution in [0.25, 0.3) is 0 Å². The van der Waals surface area contributed by atoms with Crippen molar-refractivity contribution in [1.82, 2.24) is 5.32 Å². The fourth-order valence-electron chi connectivity index (χ4n) is 9.82.